The third-order valence-electron chi connectivity index (χ3n) is 3.27. The van der Waals surface area contributed by atoms with Crippen molar-refractivity contribution in [2.75, 3.05) is 31.6 Å². The standard InChI is InChI=1S/C13H21N3O/c1-3-14-11-6-8-16(9-7-11)13-5-4-12(17-2)10-15-13/h4-5,10-11,14H,3,6-9H2,1-2H3. The average Bonchev–Trinajstić information content (AvgIpc) is 2.40. The molecule has 0 bridgehead atoms. The number of ether oxygens (including phenoxy) is 1. The maximum atomic E-state index is 5.11. The number of nitrogens with one attached hydrogen (secondary N) is 1. The van der Waals surface area contributed by atoms with Gasteiger partial charge in [-0.1, -0.05) is 6.92 Å². The zero-order valence-electron chi connectivity index (χ0n) is 10.6. The number of rotatable bonds is 4. The molecule has 2 heterocycles. The van der Waals surface area contributed by atoms with Gasteiger partial charge in [-0.15, -0.1) is 0 Å². The monoisotopic (exact) mass is 235 g/mol. The highest BCUT2D eigenvalue weighted by atomic mass is 16.5. The molecule has 0 amide bonds. The van der Waals surface area contributed by atoms with Crippen LogP contribution in [0.15, 0.2) is 18.3 Å². The summed E-state index contributed by atoms with van der Waals surface area (Å²) in [5.74, 6) is 1.87. The molecule has 94 valence electrons. The molecule has 1 aliphatic heterocycles. The minimum absolute atomic E-state index is 0.675. The van der Waals surface area contributed by atoms with E-state index in [-0.39, 0.29) is 0 Å². The largest absolute Gasteiger partial charge is 0.495 e. The summed E-state index contributed by atoms with van der Waals surface area (Å²) in [6.07, 6.45) is 4.18. The summed E-state index contributed by atoms with van der Waals surface area (Å²) in [5, 5.41) is 3.51. The van der Waals surface area contributed by atoms with Crippen molar-refractivity contribution in [2.45, 2.75) is 25.8 Å². The fraction of sp³-hybridized carbons (Fsp3) is 0.615. The molecule has 1 aliphatic rings. The molecule has 17 heavy (non-hydrogen) atoms. The smallest absolute Gasteiger partial charge is 0.137 e. The Labute approximate surface area is 103 Å². The molecule has 1 saturated heterocycles. The molecule has 0 unspecified atom stereocenters. The van der Waals surface area contributed by atoms with Crippen LogP contribution in [0, 0.1) is 0 Å². The van der Waals surface area contributed by atoms with Crippen molar-refractivity contribution in [3.8, 4) is 5.75 Å². The highest BCUT2D eigenvalue weighted by molar-refractivity contribution is 5.41. The Balaban J connectivity index is 1.91. The Morgan fingerprint density at radius 2 is 2.18 bits per heavy atom. The lowest BCUT2D eigenvalue weighted by Gasteiger charge is -2.33. The van der Waals surface area contributed by atoms with Crippen LogP contribution in [0.5, 0.6) is 5.75 Å². The second-order valence-electron chi connectivity index (χ2n) is 4.38. The summed E-state index contributed by atoms with van der Waals surface area (Å²) in [6.45, 7) is 5.39. The van der Waals surface area contributed by atoms with Gasteiger partial charge in [0.1, 0.15) is 11.6 Å². The number of aromatic nitrogens is 1. The van der Waals surface area contributed by atoms with Gasteiger partial charge in [-0.25, -0.2) is 4.98 Å². The zero-order chi connectivity index (χ0) is 12.1. The first kappa shape index (κ1) is 12.2. The average molecular weight is 235 g/mol. The fourth-order valence-corrected chi connectivity index (χ4v) is 2.28. The molecule has 0 radical (unpaired) electrons. The molecule has 1 fully saturated rings. The first-order valence-corrected chi connectivity index (χ1v) is 6.32. The molecule has 1 aromatic heterocycles. The molecule has 1 N–H and O–H groups in total. The first-order chi connectivity index (χ1) is 8.33. The highest BCUT2D eigenvalue weighted by Gasteiger charge is 2.18. The quantitative estimate of drug-likeness (QED) is 0.861. The lowest BCUT2D eigenvalue weighted by atomic mass is 10.1. The Hall–Kier alpha value is -1.29. The molecule has 0 saturated carbocycles. The van der Waals surface area contributed by atoms with Gasteiger partial charge in [-0.05, 0) is 31.5 Å². The van der Waals surface area contributed by atoms with E-state index in [9.17, 15) is 0 Å². The van der Waals surface area contributed by atoms with Crippen LogP contribution >= 0.6 is 0 Å². The zero-order valence-corrected chi connectivity index (χ0v) is 10.6. The van der Waals surface area contributed by atoms with Crippen molar-refractivity contribution in [3.05, 3.63) is 18.3 Å². The third-order valence-corrected chi connectivity index (χ3v) is 3.27. The van der Waals surface area contributed by atoms with Crippen LogP contribution < -0.4 is 15.0 Å². The van der Waals surface area contributed by atoms with Crippen molar-refractivity contribution >= 4 is 5.82 Å². The van der Waals surface area contributed by atoms with E-state index in [4.69, 9.17) is 4.74 Å². The number of nitrogens with zero attached hydrogens (tertiary/aromatic N) is 2. The molecular formula is C13H21N3O. The van der Waals surface area contributed by atoms with Gasteiger partial charge in [-0.3, -0.25) is 0 Å². The Morgan fingerprint density at radius 1 is 1.41 bits per heavy atom. The van der Waals surface area contributed by atoms with Gasteiger partial charge in [0.25, 0.3) is 0 Å². The molecular weight excluding hydrogens is 214 g/mol. The van der Waals surface area contributed by atoms with E-state index < -0.39 is 0 Å². The van der Waals surface area contributed by atoms with Crippen LogP contribution in [0.25, 0.3) is 0 Å². The SMILES string of the molecule is CCNC1CCN(c2ccc(OC)cn2)CC1. The van der Waals surface area contributed by atoms with Crippen LogP contribution in [0.4, 0.5) is 5.82 Å². The van der Waals surface area contributed by atoms with E-state index in [2.05, 4.69) is 22.1 Å². The van der Waals surface area contributed by atoms with Crippen molar-refractivity contribution < 1.29 is 4.74 Å². The number of piperidine rings is 1. The fourth-order valence-electron chi connectivity index (χ4n) is 2.28. The van der Waals surface area contributed by atoms with Crippen LogP contribution in [0.2, 0.25) is 0 Å². The van der Waals surface area contributed by atoms with Gasteiger partial charge in [0.15, 0.2) is 0 Å². The van der Waals surface area contributed by atoms with Crippen LogP contribution in [0.3, 0.4) is 0 Å². The number of pyridine rings is 1. The van der Waals surface area contributed by atoms with Gasteiger partial charge in [0, 0.05) is 19.1 Å². The van der Waals surface area contributed by atoms with E-state index in [1.807, 2.05) is 12.1 Å². The van der Waals surface area contributed by atoms with Gasteiger partial charge >= 0.3 is 0 Å². The maximum absolute atomic E-state index is 5.11. The Morgan fingerprint density at radius 3 is 2.71 bits per heavy atom. The predicted octanol–water partition coefficient (Wildman–Crippen LogP) is 1.67. The Bertz CT molecular complexity index is 331. The van der Waals surface area contributed by atoms with Gasteiger partial charge in [-0.2, -0.15) is 0 Å². The van der Waals surface area contributed by atoms with E-state index >= 15 is 0 Å². The summed E-state index contributed by atoms with van der Waals surface area (Å²) in [4.78, 5) is 6.77. The summed E-state index contributed by atoms with van der Waals surface area (Å²) in [6, 6.07) is 4.68. The Kier molecular flexibility index (Phi) is 4.20. The van der Waals surface area contributed by atoms with Crippen LogP contribution in [0.1, 0.15) is 19.8 Å². The van der Waals surface area contributed by atoms with E-state index in [0.29, 0.717) is 6.04 Å². The van der Waals surface area contributed by atoms with E-state index in [1.54, 1.807) is 13.3 Å². The first-order valence-electron chi connectivity index (χ1n) is 6.32. The maximum Gasteiger partial charge on any atom is 0.137 e. The van der Waals surface area contributed by atoms with E-state index in [1.165, 1.54) is 12.8 Å². The van der Waals surface area contributed by atoms with Gasteiger partial charge < -0.3 is 15.0 Å². The highest BCUT2D eigenvalue weighted by Crippen LogP contribution is 2.19. The van der Waals surface area contributed by atoms with Crippen molar-refractivity contribution in [2.24, 2.45) is 0 Å². The molecule has 0 atom stereocenters. The normalized spacial score (nSPS) is 17.2. The number of hydrogen-bond acceptors (Lipinski definition) is 4. The molecule has 2 rings (SSSR count). The van der Waals surface area contributed by atoms with E-state index in [0.717, 1.165) is 31.2 Å². The van der Waals surface area contributed by atoms with Gasteiger partial charge in [0.05, 0.1) is 13.3 Å². The minimum Gasteiger partial charge on any atom is -0.495 e. The topological polar surface area (TPSA) is 37.4 Å². The summed E-state index contributed by atoms with van der Waals surface area (Å²) >= 11 is 0. The molecule has 4 heteroatoms. The molecule has 1 aromatic rings. The predicted molar refractivity (Wildman–Crippen MR) is 69.7 cm³/mol. The van der Waals surface area contributed by atoms with Crippen molar-refractivity contribution in [3.63, 3.8) is 0 Å². The van der Waals surface area contributed by atoms with Crippen LogP contribution in [-0.4, -0.2) is 37.8 Å². The second-order valence-corrected chi connectivity index (χ2v) is 4.38. The lowest BCUT2D eigenvalue weighted by molar-refractivity contribution is 0.411. The second kappa shape index (κ2) is 5.87. The molecule has 4 nitrogen and oxygen atoms in total. The third kappa shape index (κ3) is 3.09. The lowest BCUT2D eigenvalue weighted by Crippen LogP contribution is -2.42. The van der Waals surface area contributed by atoms with Crippen molar-refractivity contribution in [1.82, 2.24) is 10.3 Å². The van der Waals surface area contributed by atoms with Crippen molar-refractivity contribution in [1.29, 1.82) is 0 Å². The minimum atomic E-state index is 0.675. The number of methoxy groups -OCH3 is 1. The molecule has 0 spiro atoms. The summed E-state index contributed by atoms with van der Waals surface area (Å²) in [7, 11) is 1.67. The van der Waals surface area contributed by atoms with Crippen LogP contribution in [-0.2, 0) is 0 Å². The number of anilines is 1. The summed E-state index contributed by atoms with van der Waals surface area (Å²) < 4.78 is 5.11. The van der Waals surface area contributed by atoms with Gasteiger partial charge in [0.2, 0.25) is 0 Å². The summed E-state index contributed by atoms with van der Waals surface area (Å²) in [5.41, 5.74) is 0. The molecule has 0 aliphatic carbocycles. The molecule has 0 aromatic carbocycles. The number of hydrogen-bond donors (Lipinski definition) is 1.